The molecule has 0 saturated heterocycles. The molecule has 0 aromatic heterocycles. The van der Waals surface area contributed by atoms with E-state index in [1.54, 1.807) is 0 Å². The Morgan fingerprint density at radius 1 is 0.944 bits per heavy atom. The van der Waals surface area contributed by atoms with Crippen LogP contribution in [0.25, 0.3) is 0 Å². The summed E-state index contributed by atoms with van der Waals surface area (Å²) in [6.45, 7) is 4.26. The fourth-order valence-electron chi connectivity index (χ4n) is 2.18. The van der Waals surface area contributed by atoms with Crippen LogP contribution >= 0.6 is 0 Å². The van der Waals surface area contributed by atoms with E-state index in [0.29, 0.717) is 0 Å². The summed E-state index contributed by atoms with van der Waals surface area (Å²) in [4.78, 5) is 0. The lowest BCUT2D eigenvalue weighted by Gasteiger charge is -2.13. The van der Waals surface area contributed by atoms with Crippen LogP contribution in [0.2, 0.25) is 0 Å². The van der Waals surface area contributed by atoms with Crippen molar-refractivity contribution in [2.75, 3.05) is 0 Å². The van der Waals surface area contributed by atoms with E-state index in [9.17, 15) is 0 Å². The van der Waals surface area contributed by atoms with Crippen molar-refractivity contribution in [3.63, 3.8) is 0 Å². The number of benzene rings is 2. The summed E-state index contributed by atoms with van der Waals surface area (Å²) in [7, 11) is 0. The van der Waals surface area contributed by atoms with E-state index in [2.05, 4.69) is 62.4 Å². The van der Waals surface area contributed by atoms with E-state index in [0.717, 1.165) is 12.8 Å². The summed E-state index contributed by atoms with van der Waals surface area (Å²) in [6, 6.07) is 17.2. The van der Waals surface area contributed by atoms with E-state index < -0.39 is 0 Å². The normalized spacial score (nSPS) is 12.4. The van der Waals surface area contributed by atoms with Gasteiger partial charge in [-0.15, -0.1) is 0 Å². The molecule has 0 amide bonds. The standard InChI is InChI=1S/C17H21N/c1-13-7-9-16(10-8-13)17(18)12-11-15-6-4-3-5-14(15)2/h3-10,17H,11-12,18H2,1-2H3. The highest BCUT2D eigenvalue weighted by Gasteiger charge is 2.06. The first kappa shape index (κ1) is 12.8. The van der Waals surface area contributed by atoms with Gasteiger partial charge in [-0.2, -0.15) is 0 Å². The first-order chi connectivity index (χ1) is 8.66. The first-order valence-electron chi connectivity index (χ1n) is 6.53. The quantitative estimate of drug-likeness (QED) is 0.859. The van der Waals surface area contributed by atoms with E-state index in [-0.39, 0.29) is 6.04 Å². The fourth-order valence-corrected chi connectivity index (χ4v) is 2.18. The SMILES string of the molecule is Cc1ccc(C(N)CCc2ccccc2C)cc1. The predicted octanol–water partition coefficient (Wildman–Crippen LogP) is 3.94. The maximum absolute atomic E-state index is 6.24. The molecular formula is C17H21N. The van der Waals surface area contributed by atoms with Gasteiger partial charge in [0.2, 0.25) is 0 Å². The lowest BCUT2D eigenvalue weighted by Crippen LogP contribution is -2.11. The molecule has 1 heteroatoms. The molecule has 0 aliphatic heterocycles. The van der Waals surface area contributed by atoms with Crippen LogP contribution < -0.4 is 5.73 Å². The van der Waals surface area contributed by atoms with Gasteiger partial charge >= 0.3 is 0 Å². The van der Waals surface area contributed by atoms with Gasteiger partial charge in [0, 0.05) is 6.04 Å². The molecule has 0 radical (unpaired) electrons. The summed E-state index contributed by atoms with van der Waals surface area (Å²) in [5, 5.41) is 0. The van der Waals surface area contributed by atoms with Crippen LogP contribution in [0.5, 0.6) is 0 Å². The molecule has 0 aliphatic carbocycles. The number of hydrogen-bond donors (Lipinski definition) is 1. The Morgan fingerprint density at radius 2 is 1.61 bits per heavy atom. The molecule has 94 valence electrons. The molecular weight excluding hydrogens is 218 g/mol. The fraction of sp³-hybridized carbons (Fsp3) is 0.294. The maximum atomic E-state index is 6.24. The molecule has 2 aromatic rings. The van der Waals surface area contributed by atoms with E-state index >= 15 is 0 Å². The summed E-state index contributed by atoms with van der Waals surface area (Å²) in [5.74, 6) is 0. The van der Waals surface area contributed by atoms with Gasteiger partial charge in [0.1, 0.15) is 0 Å². The monoisotopic (exact) mass is 239 g/mol. The lowest BCUT2D eigenvalue weighted by molar-refractivity contribution is 0.650. The van der Waals surface area contributed by atoms with Crippen molar-refractivity contribution < 1.29 is 0 Å². The zero-order valence-corrected chi connectivity index (χ0v) is 11.2. The third-order valence-corrected chi connectivity index (χ3v) is 3.49. The molecule has 1 atom stereocenters. The molecule has 1 unspecified atom stereocenters. The van der Waals surface area contributed by atoms with Gasteiger partial charge in [0.05, 0.1) is 0 Å². The minimum Gasteiger partial charge on any atom is -0.324 e. The Hall–Kier alpha value is -1.60. The summed E-state index contributed by atoms with van der Waals surface area (Å²) >= 11 is 0. The van der Waals surface area contributed by atoms with Gasteiger partial charge < -0.3 is 5.73 Å². The number of rotatable bonds is 4. The Labute approximate surface area is 110 Å². The Bertz CT molecular complexity index is 499. The van der Waals surface area contributed by atoms with E-state index in [1.807, 2.05) is 0 Å². The lowest BCUT2D eigenvalue weighted by atomic mass is 9.97. The van der Waals surface area contributed by atoms with E-state index in [1.165, 1.54) is 22.3 Å². The largest absolute Gasteiger partial charge is 0.324 e. The van der Waals surface area contributed by atoms with Crippen LogP contribution in [0.15, 0.2) is 48.5 Å². The number of nitrogens with two attached hydrogens (primary N) is 1. The van der Waals surface area contributed by atoms with Crippen LogP contribution in [-0.4, -0.2) is 0 Å². The van der Waals surface area contributed by atoms with Crippen molar-refractivity contribution in [3.05, 3.63) is 70.8 Å². The summed E-state index contributed by atoms with van der Waals surface area (Å²) in [6.07, 6.45) is 2.04. The molecule has 0 bridgehead atoms. The average molecular weight is 239 g/mol. The second-order valence-electron chi connectivity index (χ2n) is 4.98. The maximum Gasteiger partial charge on any atom is 0.0298 e. The van der Waals surface area contributed by atoms with Gasteiger partial charge in [0.15, 0.2) is 0 Å². The first-order valence-corrected chi connectivity index (χ1v) is 6.53. The molecule has 0 spiro atoms. The molecule has 1 nitrogen and oxygen atoms in total. The van der Waals surface area contributed by atoms with Gasteiger partial charge in [-0.25, -0.2) is 0 Å². The highest BCUT2D eigenvalue weighted by molar-refractivity contribution is 5.27. The minimum atomic E-state index is 0.130. The smallest absolute Gasteiger partial charge is 0.0298 e. The molecule has 2 N–H and O–H groups in total. The predicted molar refractivity (Wildman–Crippen MR) is 77.6 cm³/mol. The highest BCUT2D eigenvalue weighted by atomic mass is 14.6. The Morgan fingerprint density at radius 3 is 2.28 bits per heavy atom. The molecule has 18 heavy (non-hydrogen) atoms. The third kappa shape index (κ3) is 3.21. The minimum absolute atomic E-state index is 0.130. The Kier molecular flexibility index (Phi) is 4.16. The van der Waals surface area contributed by atoms with Crippen molar-refractivity contribution in [2.45, 2.75) is 32.7 Å². The zero-order valence-electron chi connectivity index (χ0n) is 11.2. The molecule has 0 saturated carbocycles. The number of aryl methyl sites for hydroxylation is 3. The van der Waals surface area contributed by atoms with Gasteiger partial charge in [0.25, 0.3) is 0 Å². The Balaban J connectivity index is 1.98. The van der Waals surface area contributed by atoms with E-state index in [4.69, 9.17) is 5.73 Å². The second kappa shape index (κ2) is 5.83. The third-order valence-electron chi connectivity index (χ3n) is 3.49. The van der Waals surface area contributed by atoms with Gasteiger partial charge in [-0.3, -0.25) is 0 Å². The van der Waals surface area contributed by atoms with Crippen molar-refractivity contribution in [1.29, 1.82) is 0 Å². The van der Waals surface area contributed by atoms with Crippen molar-refractivity contribution in [2.24, 2.45) is 5.73 Å². The van der Waals surface area contributed by atoms with Crippen LogP contribution in [0.3, 0.4) is 0 Å². The van der Waals surface area contributed by atoms with Crippen LogP contribution in [0, 0.1) is 13.8 Å². The van der Waals surface area contributed by atoms with Crippen LogP contribution in [0.1, 0.15) is 34.7 Å². The molecule has 2 rings (SSSR count). The highest BCUT2D eigenvalue weighted by Crippen LogP contribution is 2.18. The van der Waals surface area contributed by atoms with Gasteiger partial charge in [-0.05, 0) is 43.4 Å². The number of hydrogen-bond acceptors (Lipinski definition) is 1. The van der Waals surface area contributed by atoms with Gasteiger partial charge in [-0.1, -0.05) is 54.1 Å². The molecule has 0 heterocycles. The summed E-state index contributed by atoms with van der Waals surface area (Å²) in [5.41, 5.74) is 11.5. The van der Waals surface area contributed by atoms with Crippen molar-refractivity contribution >= 4 is 0 Å². The molecule has 0 fully saturated rings. The van der Waals surface area contributed by atoms with Crippen molar-refractivity contribution in [1.82, 2.24) is 0 Å². The van der Waals surface area contributed by atoms with Crippen LogP contribution in [-0.2, 0) is 6.42 Å². The van der Waals surface area contributed by atoms with Crippen LogP contribution in [0.4, 0.5) is 0 Å². The zero-order chi connectivity index (χ0) is 13.0. The molecule has 2 aromatic carbocycles. The molecule has 0 aliphatic rings. The topological polar surface area (TPSA) is 26.0 Å². The second-order valence-corrected chi connectivity index (χ2v) is 4.98. The summed E-state index contributed by atoms with van der Waals surface area (Å²) < 4.78 is 0. The average Bonchev–Trinajstić information content (AvgIpc) is 2.38. The van der Waals surface area contributed by atoms with Crippen molar-refractivity contribution in [3.8, 4) is 0 Å².